The maximum Gasteiger partial charge on any atom is 0.252 e. The largest absolute Gasteiger partial charge is 0.368 e. The molecule has 6 atom stereocenters. The first-order chi connectivity index (χ1) is 17.8. The van der Waals surface area contributed by atoms with Gasteiger partial charge in [-0.2, -0.15) is 0 Å². The van der Waals surface area contributed by atoms with Gasteiger partial charge in [-0.25, -0.2) is 4.98 Å². The number of nitrogens with one attached hydrogen (secondary N) is 2. The van der Waals surface area contributed by atoms with Crippen LogP contribution in [0.3, 0.4) is 0 Å². The highest BCUT2D eigenvalue weighted by atomic mass is 32.1. The van der Waals surface area contributed by atoms with Crippen LogP contribution in [0.15, 0.2) is 24.3 Å². The van der Waals surface area contributed by atoms with Gasteiger partial charge in [0.1, 0.15) is 12.1 Å². The fourth-order valence-electron chi connectivity index (χ4n) is 6.54. The Bertz CT molecular complexity index is 1240. The molecule has 0 radical (unpaired) electrons. The summed E-state index contributed by atoms with van der Waals surface area (Å²) in [4.78, 5) is 59.4. The summed E-state index contributed by atoms with van der Waals surface area (Å²) in [6.45, 7) is 5.90. The summed E-state index contributed by atoms with van der Waals surface area (Å²) in [6, 6.07) is 5.96. The van der Waals surface area contributed by atoms with Gasteiger partial charge in [0.25, 0.3) is 5.91 Å². The molecule has 2 N–H and O–H groups in total. The number of aromatic nitrogens is 1. The van der Waals surface area contributed by atoms with E-state index in [9.17, 15) is 19.2 Å². The number of para-hydroxylation sites is 1. The number of Topliss-reactive ketones (excluding diaryl/α,β-unsaturated/α-hetero) is 1. The zero-order chi connectivity index (χ0) is 25.9. The minimum absolute atomic E-state index is 0.0332. The Balaban J connectivity index is 1.26. The van der Waals surface area contributed by atoms with Crippen LogP contribution >= 0.6 is 11.3 Å². The fourth-order valence-corrected chi connectivity index (χ4v) is 7.50. The molecule has 2 aromatic rings. The maximum absolute atomic E-state index is 13.9. The highest BCUT2D eigenvalue weighted by Gasteiger charge is 2.69. The monoisotopic (exact) mass is 524 g/mol. The number of benzene rings is 1. The smallest absolute Gasteiger partial charge is 0.252 e. The molecular weight excluding hydrogens is 492 g/mol. The average molecular weight is 525 g/mol. The van der Waals surface area contributed by atoms with Crippen LogP contribution < -0.4 is 10.6 Å². The van der Waals surface area contributed by atoms with Crippen molar-refractivity contribution in [3.05, 3.63) is 29.3 Å². The summed E-state index contributed by atoms with van der Waals surface area (Å²) < 4.78 is 6.53. The molecule has 3 aliphatic heterocycles. The first kappa shape index (κ1) is 24.5. The number of hydrogen-bond donors (Lipinski definition) is 2. The quantitative estimate of drug-likeness (QED) is 0.536. The molecule has 1 aliphatic carbocycles. The predicted molar refractivity (Wildman–Crippen MR) is 137 cm³/mol. The Hall–Kier alpha value is -2.85. The molecule has 1 aromatic carbocycles. The third kappa shape index (κ3) is 4.24. The van der Waals surface area contributed by atoms with Crippen molar-refractivity contribution in [2.45, 2.75) is 57.7 Å². The maximum atomic E-state index is 13.9. The number of fused-ring (bicyclic) bond motifs is 2. The molecule has 3 unspecified atom stereocenters. The van der Waals surface area contributed by atoms with E-state index in [-0.39, 0.29) is 53.1 Å². The average Bonchev–Trinajstić information content (AvgIpc) is 3.55. The molecule has 0 spiro atoms. The van der Waals surface area contributed by atoms with E-state index in [1.807, 2.05) is 24.3 Å². The van der Waals surface area contributed by atoms with Crippen molar-refractivity contribution in [2.75, 3.05) is 19.7 Å². The lowest BCUT2D eigenvalue weighted by Crippen LogP contribution is -2.55. The molecule has 1 aromatic heterocycles. The van der Waals surface area contributed by atoms with Gasteiger partial charge in [-0.3, -0.25) is 19.2 Å². The van der Waals surface area contributed by atoms with E-state index in [0.29, 0.717) is 37.5 Å². The Morgan fingerprint density at radius 3 is 2.78 bits per heavy atom. The number of amides is 3. The molecule has 4 aliphatic rings. The van der Waals surface area contributed by atoms with Crippen LogP contribution in [-0.2, 0) is 19.1 Å². The summed E-state index contributed by atoms with van der Waals surface area (Å²) in [5.41, 5.74) is 0.680. The number of likely N-dealkylation sites (tertiary alicyclic amines) is 1. The summed E-state index contributed by atoms with van der Waals surface area (Å²) in [5, 5.41) is 6.11. The Labute approximate surface area is 219 Å². The second-order valence-electron chi connectivity index (χ2n) is 11.3. The van der Waals surface area contributed by atoms with Crippen molar-refractivity contribution < 1.29 is 23.9 Å². The number of rotatable bonds is 7. The number of piperidine rings is 1. The molecule has 3 saturated heterocycles. The molecule has 4 heterocycles. The molecule has 6 rings (SSSR count). The Morgan fingerprint density at radius 2 is 2.08 bits per heavy atom. The summed E-state index contributed by atoms with van der Waals surface area (Å²) in [5.74, 6) is -0.945. The number of nitrogens with zero attached hydrogens (tertiary/aromatic N) is 2. The van der Waals surface area contributed by atoms with Gasteiger partial charge in [-0.1, -0.05) is 26.0 Å². The minimum Gasteiger partial charge on any atom is -0.368 e. The lowest BCUT2D eigenvalue weighted by Gasteiger charge is -2.32. The SMILES string of the molecule is CC1(C)C2CN(C(=O)[C@H]3CCCO3)C(C(=O)N[C@@H](C[C@@H]3CCNC3=O)C(=O)c3nc4ccccc4s3)C21. The van der Waals surface area contributed by atoms with Gasteiger partial charge in [-0.15, -0.1) is 11.3 Å². The molecule has 10 heteroatoms. The van der Waals surface area contributed by atoms with Crippen LogP contribution in [0.1, 0.15) is 49.3 Å². The van der Waals surface area contributed by atoms with E-state index in [0.717, 1.165) is 16.6 Å². The van der Waals surface area contributed by atoms with Crippen molar-refractivity contribution in [3.8, 4) is 0 Å². The van der Waals surface area contributed by atoms with Crippen LogP contribution in [0, 0.1) is 23.2 Å². The summed E-state index contributed by atoms with van der Waals surface area (Å²) in [6.07, 6.45) is 1.82. The second kappa shape index (κ2) is 9.16. The lowest BCUT2D eigenvalue weighted by atomic mass is 9.94. The van der Waals surface area contributed by atoms with Crippen LogP contribution in [0.2, 0.25) is 0 Å². The van der Waals surface area contributed by atoms with Crippen molar-refractivity contribution in [1.29, 1.82) is 0 Å². The van der Waals surface area contributed by atoms with Crippen LogP contribution in [0.4, 0.5) is 0 Å². The van der Waals surface area contributed by atoms with Crippen molar-refractivity contribution in [2.24, 2.45) is 23.2 Å². The van der Waals surface area contributed by atoms with Gasteiger partial charge in [0.15, 0.2) is 5.01 Å². The highest BCUT2D eigenvalue weighted by molar-refractivity contribution is 7.20. The number of thiazole rings is 1. The van der Waals surface area contributed by atoms with Gasteiger partial charge in [0.2, 0.25) is 17.6 Å². The predicted octanol–water partition coefficient (Wildman–Crippen LogP) is 2.15. The van der Waals surface area contributed by atoms with E-state index >= 15 is 0 Å². The van der Waals surface area contributed by atoms with Crippen LogP contribution in [-0.4, -0.2) is 71.3 Å². The van der Waals surface area contributed by atoms with Gasteiger partial charge < -0.3 is 20.3 Å². The van der Waals surface area contributed by atoms with Gasteiger partial charge in [-0.05, 0) is 55.1 Å². The number of carbonyl (C=O) groups is 4. The topological polar surface area (TPSA) is 118 Å². The number of ketones is 1. The van der Waals surface area contributed by atoms with E-state index in [1.54, 1.807) is 4.90 Å². The molecule has 9 nitrogen and oxygen atoms in total. The van der Waals surface area contributed by atoms with Crippen molar-refractivity contribution in [3.63, 3.8) is 0 Å². The third-order valence-electron chi connectivity index (χ3n) is 8.79. The molecule has 3 amide bonds. The van der Waals surface area contributed by atoms with Gasteiger partial charge in [0, 0.05) is 25.6 Å². The first-order valence-corrected chi connectivity index (χ1v) is 14.0. The Kier molecular flexibility index (Phi) is 6.06. The third-order valence-corrected chi connectivity index (χ3v) is 9.84. The van der Waals surface area contributed by atoms with E-state index in [1.165, 1.54) is 11.3 Å². The van der Waals surface area contributed by atoms with Gasteiger partial charge >= 0.3 is 0 Å². The van der Waals surface area contributed by atoms with E-state index in [4.69, 9.17) is 4.74 Å². The summed E-state index contributed by atoms with van der Waals surface area (Å²) >= 11 is 1.29. The van der Waals surface area contributed by atoms with Crippen LogP contribution in [0.5, 0.6) is 0 Å². The zero-order valence-corrected chi connectivity index (χ0v) is 21.9. The van der Waals surface area contributed by atoms with Crippen molar-refractivity contribution >= 4 is 45.1 Å². The zero-order valence-electron chi connectivity index (χ0n) is 21.1. The standard InChI is InChI=1S/C27H32N4O5S/c1-27(2)15-13-31(26(35)18-7-5-11-36-18)21(20(15)27)24(34)29-17(12-14-9-10-28-23(14)33)22(32)25-30-16-6-3-4-8-19(16)37-25/h3-4,6,8,14-15,17-18,20-21H,5,7,9-13H2,1-2H3,(H,28,33)(H,29,34)/t14-,15?,17-,18+,20?,21?/m0/s1. The summed E-state index contributed by atoms with van der Waals surface area (Å²) in [7, 11) is 0. The molecule has 37 heavy (non-hydrogen) atoms. The molecule has 196 valence electrons. The number of hydrogen-bond acceptors (Lipinski definition) is 7. The Morgan fingerprint density at radius 1 is 1.27 bits per heavy atom. The normalized spacial score (nSPS) is 30.7. The lowest BCUT2D eigenvalue weighted by molar-refractivity contribution is -0.147. The number of carbonyl (C=O) groups excluding carboxylic acids is 4. The molecule has 1 saturated carbocycles. The van der Waals surface area contributed by atoms with Crippen LogP contribution in [0.25, 0.3) is 10.2 Å². The first-order valence-electron chi connectivity index (χ1n) is 13.2. The fraction of sp³-hybridized carbons (Fsp3) is 0.593. The molecule has 0 bridgehead atoms. The van der Waals surface area contributed by atoms with Crippen molar-refractivity contribution in [1.82, 2.24) is 20.5 Å². The second-order valence-corrected chi connectivity index (χ2v) is 12.3. The molecule has 4 fully saturated rings. The van der Waals surface area contributed by atoms with E-state index in [2.05, 4.69) is 29.5 Å². The minimum atomic E-state index is -0.900. The van der Waals surface area contributed by atoms with E-state index < -0.39 is 18.2 Å². The van der Waals surface area contributed by atoms with Gasteiger partial charge in [0.05, 0.1) is 16.3 Å². The number of ether oxygens (including phenoxy) is 1. The molecular formula is C27H32N4O5S. The highest BCUT2D eigenvalue weighted by Crippen LogP contribution is 2.65.